The predicted molar refractivity (Wildman–Crippen MR) is 82.3 cm³/mol. The Labute approximate surface area is 126 Å². The van der Waals surface area contributed by atoms with Crippen molar-refractivity contribution in [2.45, 2.75) is 6.92 Å². The number of nitriles is 1. The molecule has 5 nitrogen and oxygen atoms in total. The first-order chi connectivity index (χ1) is 10.2. The molecule has 3 rings (SSSR count). The monoisotopic (exact) mass is 296 g/mol. The molecule has 0 radical (unpaired) electrons. The fourth-order valence-corrected chi connectivity index (χ4v) is 2.58. The van der Waals surface area contributed by atoms with Gasteiger partial charge in [0, 0.05) is 6.07 Å². The minimum Gasteiger partial charge on any atom is -0.481 e. The number of aromatic amines is 1. The second-order valence-corrected chi connectivity index (χ2v) is 4.96. The highest BCUT2D eigenvalue weighted by Crippen LogP contribution is 2.24. The number of hydrogen-bond donors (Lipinski definition) is 1. The summed E-state index contributed by atoms with van der Waals surface area (Å²) in [7, 11) is 1.56. The fourth-order valence-electron chi connectivity index (χ4n) is 2.29. The molecule has 104 valence electrons. The maximum Gasteiger partial charge on any atom is 0.215 e. The van der Waals surface area contributed by atoms with Crippen molar-refractivity contribution >= 4 is 23.4 Å². The largest absolute Gasteiger partial charge is 0.481 e. The van der Waals surface area contributed by atoms with Gasteiger partial charge in [-0.2, -0.15) is 10.2 Å². The van der Waals surface area contributed by atoms with Crippen LogP contribution in [0.15, 0.2) is 30.3 Å². The number of methoxy groups -OCH3 is 1. The second-order valence-electron chi connectivity index (χ2n) is 4.57. The summed E-state index contributed by atoms with van der Waals surface area (Å²) in [5.41, 5.74) is 3.63. The van der Waals surface area contributed by atoms with Crippen molar-refractivity contribution in [3.63, 3.8) is 0 Å². The summed E-state index contributed by atoms with van der Waals surface area (Å²) in [4.78, 5) is 7.53. The van der Waals surface area contributed by atoms with Gasteiger partial charge in [-0.25, -0.2) is 0 Å². The molecule has 0 saturated heterocycles. The Bertz CT molecular complexity index is 933. The third kappa shape index (κ3) is 2.08. The molecule has 2 heterocycles. The lowest BCUT2D eigenvalue weighted by atomic mass is 10.1. The Balaban J connectivity index is 2.41. The summed E-state index contributed by atoms with van der Waals surface area (Å²) in [6.07, 6.45) is 0. The Morgan fingerprint density at radius 2 is 2.14 bits per heavy atom. The van der Waals surface area contributed by atoms with Crippen molar-refractivity contribution in [1.29, 1.82) is 5.26 Å². The van der Waals surface area contributed by atoms with E-state index in [-0.39, 0.29) is 0 Å². The molecular weight excluding hydrogens is 284 g/mol. The van der Waals surface area contributed by atoms with Crippen molar-refractivity contribution in [3.8, 4) is 17.6 Å². The van der Waals surface area contributed by atoms with Crippen LogP contribution >= 0.6 is 12.2 Å². The smallest absolute Gasteiger partial charge is 0.215 e. The van der Waals surface area contributed by atoms with Crippen LogP contribution in [-0.4, -0.2) is 21.6 Å². The van der Waals surface area contributed by atoms with Crippen LogP contribution in [-0.2, 0) is 0 Å². The van der Waals surface area contributed by atoms with E-state index in [1.807, 2.05) is 31.2 Å². The van der Waals surface area contributed by atoms with Crippen LogP contribution in [0.4, 0.5) is 0 Å². The first-order valence-electron chi connectivity index (χ1n) is 6.31. The predicted octanol–water partition coefficient (Wildman–Crippen LogP) is 3.27. The van der Waals surface area contributed by atoms with Gasteiger partial charge in [0.05, 0.1) is 23.9 Å². The van der Waals surface area contributed by atoms with E-state index >= 15 is 0 Å². The van der Waals surface area contributed by atoms with E-state index in [2.05, 4.69) is 16.0 Å². The molecule has 0 saturated carbocycles. The standard InChI is InChI=1S/C15H12N4OS/c1-9-4-3-5-12(10(9)8-16)19-14-11(17-15(19)21)6-7-13(18-14)20-2/h3-7H,1-2H3,(H,17,21). The molecule has 3 aromatic rings. The molecule has 0 unspecified atom stereocenters. The fraction of sp³-hybridized carbons (Fsp3) is 0.133. The van der Waals surface area contributed by atoms with E-state index < -0.39 is 0 Å². The van der Waals surface area contributed by atoms with Crippen molar-refractivity contribution in [2.24, 2.45) is 0 Å². The molecule has 0 aliphatic rings. The van der Waals surface area contributed by atoms with Crippen LogP contribution < -0.4 is 4.74 Å². The number of benzene rings is 1. The number of nitrogens with one attached hydrogen (secondary N) is 1. The quantitative estimate of drug-likeness (QED) is 0.737. The molecule has 0 fully saturated rings. The van der Waals surface area contributed by atoms with Gasteiger partial charge in [0.15, 0.2) is 10.4 Å². The molecule has 6 heteroatoms. The maximum absolute atomic E-state index is 9.41. The summed E-state index contributed by atoms with van der Waals surface area (Å²) < 4.78 is 7.42. The Morgan fingerprint density at radius 1 is 1.33 bits per heavy atom. The molecule has 0 aliphatic heterocycles. The van der Waals surface area contributed by atoms with Gasteiger partial charge in [0.1, 0.15) is 6.07 Å². The number of ether oxygens (including phenoxy) is 1. The number of pyridine rings is 1. The van der Waals surface area contributed by atoms with E-state index in [9.17, 15) is 5.26 Å². The summed E-state index contributed by atoms with van der Waals surface area (Å²) in [5.74, 6) is 0.497. The van der Waals surface area contributed by atoms with E-state index in [0.717, 1.165) is 16.8 Å². The van der Waals surface area contributed by atoms with Crippen LogP contribution in [0.2, 0.25) is 0 Å². The van der Waals surface area contributed by atoms with Gasteiger partial charge in [-0.3, -0.25) is 4.57 Å². The van der Waals surface area contributed by atoms with Crippen LogP contribution in [0, 0.1) is 23.0 Å². The van der Waals surface area contributed by atoms with Crippen LogP contribution in [0.5, 0.6) is 5.88 Å². The van der Waals surface area contributed by atoms with E-state index in [0.29, 0.717) is 21.9 Å². The summed E-state index contributed by atoms with van der Waals surface area (Å²) in [5, 5.41) is 9.41. The molecule has 2 aromatic heterocycles. The van der Waals surface area contributed by atoms with Gasteiger partial charge in [-0.05, 0) is 36.8 Å². The number of aromatic nitrogens is 3. The van der Waals surface area contributed by atoms with Gasteiger partial charge in [-0.1, -0.05) is 12.1 Å². The van der Waals surface area contributed by atoms with Gasteiger partial charge in [0.2, 0.25) is 5.88 Å². The third-order valence-corrected chi connectivity index (χ3v) is 3.60. The van der Waals surface area contributed by atoms with Crippen LogP contribution in [0.3, 0.4) is 0 Å². The van der Waals surface area contributed by atoms with Crippen LogP contribution in [0.1, 0.15) is 11.1 Å². The highest BCUT2D eigenvalue weighted by Gasteiger charge is 2.13. The molecule has 1 N–H and O–H groups in total. The Kier molecular flexibility index (Phi) is 3.20. The molecule has 0 amide bonds. The average Bonchev–Trinajstić information content (AvgIpc) is 2.81. The van der Waals surface area contributed by atoms with E-state index in [4.69, 9.17) is 17.0 Å². The van der Waals surface area contributed by atoms with Crippen molar-refractivity contribution in [2.75, 3.05) is 7.11 Å². The number of hydrogen-bond acceptors (Lipinski definition) is 4. The van der Waals surface area contributed by atoms with Crippen LogP contribution in [0.25, 0.3) is 16.9 Å². The number of aryl methyl sites for hydroxylation is 1. The second kappa shape index (κ2) is 5.04. The number of H-pyrrole nitrogens is 1. The van der Waals surface area contributed by atoms with E-state index in [1.165, 1.54) is 0 Å². The first kappa shape index (κ1) is 13.3. The minimum atomic E-state index is 0.493. The highest BCUT2D eigenvalue weighted by molar-refractivity contribution is 7.71. The molecule has 0 bridgehead atoms. The molecule has 1 aromatic carbocycles. The van der Waals surface area contributed by atoms with Gasteiger partial charge in [0.25, 0.3) is 0 Å². The Morgan fingerprint density at radius 3 is 2.86 bits per heavy atom. The van der Waals surface area contributed by atoms with Gasteiger partial charge >= 0.3 is 0 Å². The SMILES string of the molecule is COc1ccc2[nH]c(=S)n(-c3cccc(C)c3C#N)c2n1. The number of rotatable bonds is 2. The minimum absolute atomic E-state index is 0.493. The number of nitrogens with zero attached hydrogens (tertiary/aromatic N) is 3. The lowest BCUT2D eigenvalue weighted by Crippen LogP contribution is -2.01. The van der Waals surface area contributed by atoms with Crippen molar-refractivity contribution in [3.05, 3.63) is 46.2 Å². The highest BCUT2D eigenvalue weighted by atomic mass is 32.1. The van der Waals surface area contributed by atoms with Crippen molar-refractivity contribution in [1.82, 2.24) is 14.5 Å². The Hall–Kier alpha value is -2.65. The normalized spacial score (nSPS) is 10.5. The third-order valence-electron chi connectivity index (χ3n) is 3.32. The zero-order chi connectivity index (χ0) is 15.0. The van der Waals surface area contributed by atoms with Crippen molar-refractivity contribution < 1.29 is 4.74 Å². The zero-order valence-electron chi connectivity index (χ0n) is 11.5. The van der Waals surface area contributed by atoms with E-state index in [1.54, 1.807) is 17.7 Å². The molecule has 0 atom stereocenters. The lowest BCUT2D eigenvalue weighted by molar-refractivity contribution is 0.399. The molecular formula is C15H12N4OS. The van der Waals surface area contributed by atoms with Gasteiger partial charge < -0.3 is 9.72 Å². The summed E-state index contributed by atoms with van der Waals surface area (Å²) >= 11 is 5.38. The summed E-state index contributed by atoms with van der Waals surface area (Å²) in [6.45, 7) is 1.90. The number of imidazole rings is 1. The average molecular weight is 296 g/mol. The molecule has 21 heavy (non-hydrogen) atoms. The number of fused-ring (bicyclic) bond motifs is 1. The zero-order valence-corrected chi connectivity index (χ0v) is 12.4. The lowest BCUT2D eigenvalue weighted by Gasteiger charge is -2.08. The van der Waals surface area contributed by atoms with Gasteiger partial charge in [-0.15, -0.1) is 0 Å². The maximum atomic E-state index is 9.41. The molecule has 0 spiro atoms. The molecule has 0 aliphatic carbocycles. The summed E-state index contributed by atoms with van der Waals surface area (Å²) in [6, 6.07) is 11.5. The topological polar surface area (TPSA) is 66.6 Å². The first-order valence-corrected chi connectivity index (χ1v) is 6.72.